The Hall–Kier alpha value is -1.18. The first-order valence-corrected chi connectivity index (χ1v) is 4.27. The van der Waals surface area contributed by atoms with Gasteiger partial charge in [-0.3, -0.25) is 0 Å². The summed E-state index contributed by atoms with van der Waals surface area (Å²) in [6, 6.07) is 2.12. The van der Waals surface area contributed by atoms with E-state index in [1.807, 2.05) is 12.3 Å². The molecule has 0 atom stereocenters. The van der Waals surface area contributed by atoms with Gasteiger partial charge in [-0.1, -0.05) is 13.0 Å². The minimum atomic E-state index is 0.882. The van der Waals surface area contributed by atoms with E-state index in [-0.39, 0.29) is 0 Å². The summed E-state index contributed by atoms with van der Waals surface area (Å²) in [6.07, 6.45) is 4.95. The second-order valence-corrected chi connectivity index (χ2v) is 2.87. The first kappa shape index (κ1) is 8.91. The van der Waals surface area contributed by atoms with Crippen LogP contribution in [0.1, 0.15) is 12.5 Å². The fraction of sp³-hybridized carbons (Fsp3) is 0.400. The van der Waals surface area contributed by atoms with E-state index in [9.17, 15) is 0 Å². The molecule has 0 saturated heterocycles. The quantitative estimate of drug-likeness (QED) is 0.676. The number of aromatic amines is 1. The van der Waals surface area contributed by atoms with E-state index in [0.29, 0.717) is 0 Å². The first-order chi connectivity index (χ1) is 5.79. The van der Waals surface area contributed by atoms with Gasteiger partial charge < -0.3 is 9.88 Å². The molecule has 0 aliphatic carbocycles. The molecule has 66 valence electrons. The normalized spacial score (nSPS) is 9.83. The molecule has 1 N–H and O–H groups in total. The van der Waals surface area contributed by atoms with Crippen molar-refractivity contribution in [1.29, 1.82) is 0 Å². The van der Waals surface area contributed by atoms with Gasteiger partial charge in [0.05, 0.1) is 0 Å². The molecule has 0 aliphatic heterocycles. The Bertz CT molecular complexity index is 250. The lowest BCUT2D eigenvalue weighted by Crippen LogP contribution is -2.18. The molecule has 12 heavy (non-hydrogen) atoms. The summed E-state index contributed by atoms with van der Waals surface area (Å²) in [6.45, 7) is 6.75. The second-order valence-electron chi connectivity index (χ2n) is 2.87. The molecule has 1 heterocycles. The third kappa shape index (κ3) is 1.70. The zero-order valence-electron chi connectivity index (χ0n) is 7.80. The van der Waals surface area contributed by atoms with Crippen LogP contribution in [0.15, 0.2) is 24.9 Å². The van der Waals surface area contributed by atoms with E-state index in [0.717, 1.165) is 13.0 Å². The molecule has 1 aromatic rings. The number of likely N-dealkylation sites (N-methyl/N-ethyl adjacent to an activating group) is 1. The molecule has 0 spiro atoms. The Labute approximate surface area is 73.9 Å². The van der Waals surface area contributed by atoms with E-state index in [1.54, 1.807) is 0 Å². The molecule has 0 aliphatic rings. The Balaban J connectivity index is 2.78. The molecule has 0 amide bonds. The summed E-state index contributed by atoms with van der Waals surface area (Å²) in [5, 5.41) is 0. The lowest BCUT2D eigenvalue weighted by Gasteiger charge is -2.16. The lowest BCUT2D eigenvalue weighted by atomic mass is 10.2. The number of rotatable bonds is 4. The zero-order chi connectivity index (χ0) is 8.97. The number of H-pyrrole nitrogens is 1. The highest BCUT2D eigenvalue weighted by Crippen LogP contribution is 2.16. The summed E-state index contributed by atoms with van der Waals surface area (Å²) in [4.78, 5) is 5.38. The maximum absolute atomic E-state index is 3.71. The van der Waals surface area contributed by atoms with Gasteiger partial charge in [0.2, 0.25) is 0 Å². The maximum Gasteiger partial charge on any atom is 0.109 e. The number of nitrogens with one attached hydrogen (secondary N) is 1. The van der Waals surface area contributed by atoms with Gasteiger partial charge in [-0.15, -0.1) is 6.58 Å². The molecule has 0 saturated carbocycles. The van der Waals surface area contributed by atoms with Crippen LogP contribution in [0.2, 0.25) is 0 Å². The number of aryl methyl sites for hydroxylation is 1. The average molecular weight is 164 g/mol. The van der Waals surface area contributed by atoms with Gasteiger partial charge in [-0.2, -0.15) is 0 Å². The molecule has 0 unspecified atom stereocenters. The number of aromatic nitrogens is 1. The minimum Gasteiger partial charge on any atom is -0.357 e. The molecule has 0 radical (unpaired) electrons. The molecule has 2 nitrogen and oxygen atoms in total. The van der Waals surface area contributed by atoms with Crippen LogP contribution >= 0.6 is 0 Å². The number of hydrogen-bond donors (Lipinski definition) is 1. The van der Waals surface area contributed by atoms with E-state index in [1.165, 1.54) is 11.4 Å². The Morgan fingerprint density at radius 2 is 2.42 bits per heavy atom. The van der Waals surface area contributed by atoms with E-state index in [4.69, 9.17) is 0 Å². The van der Waals surface area contributed by atoms with Crippen molar-refractivity contribution in [2.45, 2.75) is 13.3 Å². The van der Waals surface area contributed by atoms with Crippen molar-refractivity contribution in [3.63, 3.8) is 0 Å². The molecule has 1 rings (SSSR count). The first-order valence-electron chi connectivity index (χ1n) is 4.27. The molecule has 0 fully saturated rings. The highest BCUT2D eigenvalue weighted by Gasteiger charge is 2.04. The summed E-state index contributed by atoms with van der Waals surface area (Å²) >= 11 is 0. The van der Waals surface area contributed by atoms with Crippen LogP contribution in [0.4, 0.5) is 5.82 Å². The molecular formula is C10H16N2. The zero-order valence-corrected chi connectivity index (χ0v) is 7.80. The Morgan fingerprint density at radius 1 is 1.67 bits per heavy atom. The summed E-state index contributed by atoms with van der Waals surface area (Å²) in [5.41, 5.74) is 1.36. The minimum absolute atomic E-state index is 0.882. The van der Waals surface area contributed by atoms with Crippen molar-refractivity contribution in [1.82, 2.24) is 4.98 Å². The van der Waals surface area contributed by atoms with E-state index >= 15 is 0 Å². The number of nitrogens with zero attached hydrogens (tertiary/aromatic N) is 1. The van der Waals surface area contributed by atoms with Crippen LogP contribution < -0.4 is 4.90 Å². The van der Waals surface area contributed by atoms with E-state index in [2.05, 4.69) is 36.5 Å². The van der Waals surface area contributed by atoms with Crippen molar-refractivity contribution in [3.8, 4) is 0 Å². The monoisotopic (exact) mass is 164 g/mol. The highest BCUT2D eigenvalue weighted by molar-refractivity contribution is 5.47. The fourth-order valence-electron chi connectivity index (χ4n) is 1.32. The van der Waals surface area contributed by atoms with Crippen molar-refractivity contribution in [2.24, 2.45) is 0 Å². The van der Waals surface area contributed by atoms with Gasteiger partial charge in [-0.05, 0) is 18.1 Å². The molecule has 0 aromatic carbocycles. The van der Waals surface area contributed by atoms with Crippen LogP contribution in [0.3, 0.4) is 0 Å². The van der Waals surface area contributed by atoms with Crippen molar-refractivity contribution < 1.29 is 0 Å². The standard InChI is InChI=1S/C10H16N2/c1-4-8-12(3)10-9(5-2)6-7-11-10/h4,6-7,11H,1,5,8H2,2-3H3. The lowest BCUT2D eigenvalue weighted by molar-refractivity contribution is 0.977. The smallest absolute Gasteiger partial charge is 0.109 e. The molecule has 2 heteroatoms. The number of hydrogen-bond acceptors (Lipinski definition) is 1. The van der Waals surface area contributed by atoms with Gasteiger partial charge in [0.15, 0.2) is 0 Å². The van der Waals surface area contributed by atoms with Gasteiger partial charge >= 0.3 is 0 Å². The topological polar surface area (TPSA) is 19.0 Å². The predicted molar refractivity (Wildman–Crippen MR) is 53.6 cm³/mol. The summed E-state index contributed by atoms with van der Waals surface area (Å²) < 4.78 is 0. The SMILES string of the molecule is C=CCN(C)c1[nH]ccc1CC. The van der Waals surface area contributed by atoms with Gasteiger partial charge in [0.1, 0.15) is 5.82 Å². The Morgan fingerprint density at radius 3 is 3.00 bits per heavy atom. The molecular weight excluding hydrogens is 148 g/mol. The number of anilines is 1. The molecule has 0 bridgehead atoms. The summed E-state index contributed by atoms with van der Waals surface area (Å²) in [7, 11) is 2.06. The third-order valence-corrected chi connectivity index (χ3v) is 1.97. The predicted octanol–water partition coefficient (Wildman–Crippen LogP) is 2.20. The van der Waals surface area contributed by atoms with Crippen LogP contribution in [0, 0.1) is 0 Å². The van der Waals surface area contributed by atoms with Gasteiger partial charge in [-0.25, -0.2) is 0 Å². The Kier molecular flexibility index (Phi) is 2.97. The van der Waals surface area contributed by atoms with Crippen LogP contribution in [0.25, 0.3) is 0 Å². The second kappa shape index (κ2) is 4.00. The van der Waals surface area contributed by atoms with Crippen molar-refractivity contribution in [3.05, 3.63) is 30.5 Å². The van der Waals surface area contributed by atoms with Gasteiger partial charge in [0.25, 0.3) is 0 Å². The fourth-order valence-corrected chi connectivity index (χ4v) is 1.32. The van der Waals surface area contributed by atoms with Gasteiger partial charge in [0, 0.05) is 19.8 Å². The molecule has 1 aromatic heterocycles. The van der Waals surface area contributed by atoms with E-state index < -0.39 is 0 Å². The van der Waals surface area contributed by atoms with Crippen LogP contribution in [-0.4, -0.2) is 18.6 Å². The highest BCUT2D eigenvalue weighted by atomic mass is 15.2. The largest absolute Gasteiger partial charge is 0.357 e. The average Bonchev–Trinajstić information content (AvgIpc) is 2.51. The van der Waals surface area contributed by atoms with Crippen LogP contribution in [0.5, 0.6) is 0 Å². The van der Waals surface area contributed by atoms with Crippen molar-refractivity contribution >= 4 is 5.82 Å². The maximum atomic E-state index is 3.71. The third-order valence-electron chi connectivity index (χ3n) is 1.97. The van der Waals surface area contributed by atoms with Crippen LogP contribution in [-0.2, 0) is 6.42 Å². The van der Waals surface area contributed by atoms with Crippen molar-refractivity contribution in [2.75, 3.05) is 18.5 Å². The summed E-state index contributed by atoms with van der Waals surface area (Å²) in [5.74, 6) is 1.21.